The summed E-state index contributed by atoms with van der Waals surface area (Å²) in [5, 5.41) is 12.0. The molecule has 0 unspecified atom stereocenters. The van der Waals surface area contributed by atoms with E-state index in [1.165, 1.54) is 0 Å². The molecule has 0 aliphatic carbocycles. The van der Waals surface area contributed by atoms with Gasteiger partial charge in [-0.2, -0.15) is 0 Å². The molecule has 0 radical (unpaired) electrons. The maximum Gasteiger partial charge on any atom is 0.236 e. The maximum atomic E-state index is 12.6. The van der Waals surface area contributed by atoms with Gasteiger partial charge in [0.25, 0.3) is 0 Å². The predicted octanol–water partition coefficient (Wildman–Crippen LogP) is 0.0245. The smallest absolute Gasteiger partial charge is 0.236 e. The van der Waals surface area contributed by atoms with Crippen molar-refractivity contribution in [1.29, 1.82) is 0 Å². The van der Waals surface area contributed by atoms with Crippen molar-refractivity contribution >= 4 is 11.7 Å². The van der Waals surface area contributed by atoms with E-state index in [1.807, 2.05) is 0 Å². The van der Waals surface area contributed by atoms with Gasteiger partial charge in [-0.3, -0.25) is 4.79 Å². The summed E-state index contributed by atoms with van der Waals surface area (Å²) in [5.41, 5.74) is 4.81. The molecule has 1 aliphatic heterocycles. The van der Waals surface area contributed by atoms with E-state index in [1.54, 1.807) is 19.1 Å². The Morgan fingerprint density at radius 2 is 2.16 bits per heavy atom. The molecule has 0 atom stereocenters. The standard InChI is InChI=1S/C12H23N3O4/c1-15(6-3-7-18-2)11(16)12(10(13)14-17)4-8-19-9-5-12/h17H,3-9H2,1-2H3,(H2,13,14). The van der Waals surface area contributed by atoms with E-state index in [0.29, 0.717) is 39.2 Å². The van der Waals surface area contributed by atoms with E-state index in [-0.39, 0.29) is 11.7 Å². The first kappa shape index (κ1) is 15.7. The van der Waals surface area contributed by atoms with Crippen LogP contribution < -0.4 is 5.73 Å². The van der Waals surface area contributed by atoms with Crippen LogP contribution in [0.25, 0.3) is 0 Å². The minimum Gasteiger partial charge on any atom is -0.409 e. The van der Waals surface area contributed by atoms with Crippen molar-refractivity contribution in [2.24, 2.45) is 16.3 Å². The predicted molar refractivity (Wildman–Crippen MR) is 70.0 cm³/mol. The lowest BCUT2D eigenvalue weighted by Crippen LogP contribution is -2.53. The van der Waals surface area contributed by atoms with Gasteiger partial charge in [-0.25, -0.2) is 0 Å². The summed E-state index contributed by atoms with van der Waals surface area (Å²) >= 11 is 0. The Morgan fingerprint density at radius 3 is 2.68 bits per heavy atom. The summed E-state index contributed by atoms with van der Waals surface area (Å²) in [5.74, 6) is -0.151. The number of nitrogens with zero attached hydrogens (tertiary/aromatic N) is 2. The van der Waals surface area contributed by atoms with Gasteiger partial charge in [-0.05, 0) is 19.3 Å². The molecule has 0 saturated carbocycles. The lowest BCUT2D eigenvalue weighted by molar-refractivity contribution is -0.141. The molecule has 1 heterocycles. The van der Waals surface area contributed by atoms with Crippen LogP contribution in [0.4, 0.5) is 0 Å². The number of amides is 1. The molecule has 0 aromatic rings. The average molecular weight is 273 g/mol. The first-order chi connectivity index (χ1) is 9.08. The highest BCUT2D eigenvalue weighted by molar-refractivity contribution is 6.06. The molecule has 7 heteroatoms. The molecular formula is C12H23N3O4. The van der Waals surface area contributed by atoms with E-state index in [9.17, 15) is 4.79 Å². The third-order valence-corrected chi connectivity index (χ3v) is 3.54. The Labute approximate surface area is 113 Å². The summed E-state index contributed by atoms with van der Waals surface area (Å²) in [7, 11) is 3.35. The van der Waals surface area contributed by atoms with Crippen molar-refractivity contribution in [3.05, 3.63) is 0 Å². The molecule has 110 valence electrons. The fourth-order valence-electron chi connectivity index (χ4n) is 2.31. The topological polar surface area (TPSA) is 97.4 Å². The van der Waals surface area contributed by atoms with Crippen LogP contribution in [0.1, 0.15) is 19.3 Å². The van der Waals surface area contributed by atoms with Crippen LogP contribution in [0, 0.1) is 5.41 Å². The fourth-order valence-corrected chi connectivity index (χ4v) is 2.31. The molecule has 7 nitrogen and oxygen atoms in total. The summed E-state index contributed by atoms with van der Waals surface area (Å²) in [6, 6.07) is 0. The Morgan fingerprint density at radius 1 is 1.53 bits per heavy atom. The minimum atomic E-state index is -0.936. The molecule has 0 spiro atoms. The number of nitrogens with two attached hydrogens (primary N) is 1. The van der Waals surface area contributed by atoms with Crippen LogP contribution in [0.3, 0.4) is 0 Å². The number of carbonyl (C=O) groups is 1. The highest BCUT2D eigenvalue weighted by Crippen LogP contribution is 2.32. The average Bonchev–Trinajstić information content (AvgIpc) is 2.46. The second-order valence-electron chi connectivity index (χ2n) is 4.75. The zero-order chi connectivity index (χ0) is 14.3. The van der Waals surface area contributed by atoms with Crippen molar-refractivity contribution in [1.82, 2.24) is 4.90 Å². The van der Waals surface area contributed by atoms with Crippen molar-refractivity contribution in [2.75, 3.05) is 40.5 Å². The quantitative estimate of drug-likeness (QED) is 0.234. The second kappa shape index (κ2) is 7.30. The van der Waals surface area contributed by atoms with E-state index in [0.717, 1.165) is 6.42 Å². The molecule has 1 fully saturated rings. The number of methoxy groups -OCH3 is 1. The number of ether oxygens (including phenoxy) is 2. The van der Waals surface area contributed by atoms with E-state index in [2.05, 4.69) is 5.16 Å². The van der Waals surface area contributed by atoms with Gasteiger partial charge < -0.3 is 25.3 Å². The summed E-state index contributed by atoms with van der Waals surface area (Å²) in [4.78, 5) is 14.2. The normalized spacial score (nSPS) is 19.2. The van der Waals surface area contributed by atoms with Crippen LogP contribution in [0.15, 0.2) is 5.16 Å². The molecule has 3 N–H and O–H groups in total. The van der Waals surface area contributed by atoms with E-state index in [4.69, 9.17) is 20.4 Å². The Kier molecular flexibility index (Phi) is 6.04. The highest BCUT2D eigenvalue weighted by Gasteiger charge is 2.45. The van der Waals surface area contributed by atoms with Crippen LogP contribution >= 0.6 is 0 Å². The fraction of sp³-hybridized carbons (Fsp3) is 0.833. The second-order valence-corrected chi connectivity index (χ2v) is 4.75. The molecule has 19 heavy (non-hydrogen) atoms. The Balaban J connectivity index is 2.77. The zero-order valence-electron chi connectivity index (χ0n) is 11.6. The summed E-state index contributed by atoms with van der Waals surface area (Å²) < 4.78 is 10.2. The zero-order valence-corrected chi connectivity index (χ0v) is 11.6. The van der Waals surface area contributed by atoms with Gasteiger partial charge in [0.05, 0.1) is 0 Å². The van der Waals surface area contributed by atoms with Crippen molar-refractivity contribution in [2.45, 2.75) is 19.3 Å². The van der Waals surface area contributed by atoms with Gasteiger partial charge in [0.1, 0.15) is 5.41 Å². The SMILES string of the molecule is COCCCN(C)C(=O)C1(C(N)=NO)CCOCC1. The van der Waals surface area contributed by atoms with Gasteiger partial charge in [-0.1, -0.05) is 5.16 Å². The largest absolute Gasteiger partial charge is 0.409 e. The lowest BCUT2D eigenvalue weighted by atomic mass is 9.77. The number of carbonyl (C=O) groups excluding carboxylic acids is 1. The highest BCUT2D eigenvalue weighted by atomic mass is 16.5. The first-order valence-corrected chi connectivity index (χ1v) is 6.38. The molecule has 0 aromatic carbocycles. The Bertz CT molecular complexity index is 327. The maximum absolute atomic E-state index is 12.6. The number of hydrogen-bond donors (Lipinski definition) is 2. The molecule has 1 aliphatic rings. The molecule has 0 aromatic heterocycles. The van der Waals surface area contributed by atoms with Gasteiger partial charge >= 0.3 is 0 Å². The monoisotopic (exact) mass is 273 g/mol. The third kappa shape index (κ3) is 3.57. The summed E-state index contributed by atoms with van der Waals surface area (Å²) in [6.07, 6.45) is 1.63. The van der Waals surface area contributed by atoms with Crippen LogP contribution in [-0.4, -0.2) is 62.4 Å². The number of amidine groups is 1. The van der Waals surface area contributed by atoms with Gasteiger partial charge in [0.15, 0.2) is 5.84 Å². The lowest BCUT2D eigenvalue weighted by Gasteiger charge is -2.37. The summed E-state index contributed by atoms with van der Waals surface area (Å²) in [6.45, 7) is 2.05. The van der Waals surface area contributed by atoms with Crippen LogP contribution in [0.5, 0.6) is 0 Å². The molecule has 1 amide bonds. The van der Waals surface area contributed by atoms with Gasteiger partial charge in [-0.15, -0.1) is 0 Å². The van der Waals surface area contributed by atoms with Crippen molar-refractivity contribution in [3.8, 4) is 0 Å². The number of rotatable bonds is 6. The van der Waals surface area contributed by atoms with Crippen LogP contribution in [0.2, 0.25) is 0 Å². The van der Waals surface area contributed by atoms with Gasteiger partial charge in [0, 0.05) is 40.5 Å². The number of hydrogen-bond acceptors (Lipinski definition) is 5. The van der Waals surface area contributed by atoms with Gasteiger partial charge in [0.2, 0.25) is 5.91 Å². The minimum absolute atomic E-state index is 0.0283. The molecule has 0 bridgehead atoms. The van der Waals surface area contributed by atoms with Crippen molar-refractivity contribution in [3.63, 3.8) is 0 Å². The van der Waals surface area contributed by atoms with Crippen LogP contribution in [-0.2, 0) is 14.3 Å². The number of oxime groups is 1. The molecular weight excluding hydrogens is 250 g/mol. The van der Waals surface area contributed by atoms with E-state index < -0.39 is 5.41 Å². The molecule has 1 rings (SSSR count). The van der Waals surface area contributed by atoms with E-state index >= 15 is 0 Å². The first-order valence-electron chi connectivity index (χ1n) is 6.38. The Hall–Kier alpha value is -1.34. The third-order valence-electron chi connectivity index (χ3n) is 3.54. The molecule has 1 saturated heterocycles. The van der Waals surface area contributed by atoms with Crippen molar-refractivity contribution < 1.29 is 19.5 Å².